The van der Waals surface area contributed by atoms with E-state index in [9.17, 15) is 4.79 Å². The van der Waals surface area contributed by atoms with Crippen LogP contribution in [0.3, 0.4) is 0 Å². The second-order valence-corrected chi connectivity index (χ2v) is 6.07. The first-order chi connectivity index (χ1) is 7.74. The predicted octanol–water partition coefficient (Wildman–Crippen LogP) is 2.31. The summed E-state index contributed by atoms with van der Waals surface area (Å²) in [5.74, 6) is 0. The molecule has 16 heavy (non-hydrogen) atoms. The Bertz CT molecular complexity index is 158. The molecule has 0 aromatic carbocycles. The average molecular weight is 247 g/mol. The highest BCUT2D eigenvalue weighted by atomic mass is 28.4. The van der Waals surface area contributed by atoms with Crippen molar-refractivity contribution in [2.45, 2.75) is 46.1 Å². The zero-order chi connectivity index (χ0) is 12.3. The molecular formula is C11H23O4Si. The third-order valence-corrected chi connectivity index (χ3v) is 5.26. The fourth-order valence-corrected chi connectivity index (χ4v) is 4.23. The van der Waals surface area contributed by atoms with E-state index in [4.69, 9.17) is 13.3 Å². The number of hydrogen-bond donors (Lipinski definition) is 0. The molecule has 0 saturated heterocycles. The first kappa shape index (κ1) is 15.8. The molecule has 0 bridgehead atoms. The van der Waals surface area contributed by atoms with Crippen LogP contribution < -0.4 is 0 Å². The molecule has 0 aliphatic heterocycles. The van der Waals surface area contributed by atoms with Crippen molar-refractivity contribution in [3.8, 4) is 0 Å². The van der Waals surface area contributed by atoms with E-state index in [1.807, 2.05) is 27.1 Å². The van der Waals surface area contributed by atoms with Crippen LogP contribution in [0.25, 0.3) is 0 Å². The van der Waals surface area contributed by atoms with E-state index in [1.54, 1.807) is 0 Å². The molecule has 5 heteroatoms. The normalized spacial score (nSPS) is 11.7. The van der Waals surface area contributed by atoms with Crippen LogP contribution in [-0.2, 0) is 18.1 Å². The first-order valence-corrected chi connectivity index (χ1v) is 7.94. The summed E-state index contributed by atoms with van der Waals surface area (Å²) in [6, 6.07) is 0.782. The Hall–Kier alpha value is -0.233. The summed E-state index contributed by atoms with van der Waals surface area (Å²) in [4.78, 5) is 10.1. The van der Waals surface area contributed by atoms with Gasteiger partial charge in [-0.05, 0) is 33.6 Å². The van der Waals surface area contributed by atoms with Gasteiger partial charge in [-0.15, -0.1) is 0 Å². The molecule has 0 fully saturated rings. The largest absolute Gasteiger partial charge is 0.500 e. The van der Waals surface area contributed by atoms with Gasteiger partial charge in [0.05, 0.1) is 0 Å². The Morgan fingerprint density at radius 3 is 1.81 bits per heavy atom. The van der Waals surface area contributed by atoms with Gasteiger partial charge in [0.2, 0.25) is 0 Å². The van der Waals surface area contributed by atoms with Gasteiger partial charge in [-0.25, -0.2) is 0 Å². The summed E-state index contributed by atoms with van der Waals surface area (Å²) in [6.45, 7) is 7.64. The van der Waals surface area contributed by atoms with Crippen LogP contribution >= 0.6 is 0 Å². The van der Waals surface area contributed by atoms with Gasteiger partial charge < -0.3 is 13.3 Å². The topological polar surface area (TPSA) is 44.8 Å². The summed E-state index contributed by atoms with van der Waals surface area (Å²) in [5.41, 5.74) is 0. The molecular weight excluding hydrogens is 224 g/mol. The molecule has 0 amide bonds. The monoisotopic (exact) mass is 247 g/mol. The van der Waals surface area contributed by atoms with E-state index < -0.39 is 8.80 Å². The van der Waals surface area contributed by atoms with Gasteiger partial charge in [-0.3, -0.25) is 4.79 Å². The molecule has 0 heterocycles. The fourth-order valence-electron chi connectivity index (χ4n) is 1.54. The molecule has 0 aromatic rings. The van der Waals surface area contributed by atoms with Crippen molar-refractivity contribution in [3.05, 3.63) is 0 Å². The summed E-state index contributed by atoms with van der Waals surface area (Å²) in [7, 11) is -2.48. The van der Waals surface area contributed by atoms with Crippen molar-refractivity contribution < 1.29 is 18.1 Å². The van der Waals surface area contributed by atoms with Crippen molar-refractivity contribution in [2.75, 3.05) is 19.8 Å². The molecule has 1 radical (unpaired) electrons. The Morgan fingerprint density at radius 2 is 1.44 bits per heavy atom. The highest BCUT2D eigenvalue weighted by molar-refractivity contribution is 6.60. The second kappa shape index (κ2) is 9.96. The molecule has 0 unspecified atom stereocenters. The third kappa shape index (κ3) is 6.37. The Labute approximate surface area is 99.6 Å². The lowest BCUT2D eigenvalue weighted by atomic mass is 10.3. The van der Waals surface area contributed by atoms with E-state index >= 15 is 0 Å². The highest BCUT2D eigenvalue weighted by Gasteiger charge is 2.39. The summed E-state index contributed by atoms with van der Waals surface area (Å²) >= 11 is 0. The molecule has 95 valence electrons. The van der Waals surface area contributed by atoms with E-state index in [0.717, 1.165) is 18.9 Å². The Morgan fingerprint density at radius 1 is 0.938 bits per heavy atom. The molecule has 4 nitrogen and oxygen atoms in total. The smallest absolute Gasteiger partial charge is 0.374 e. The van der Waals surface area contributed by atoms with Gasteiger partial charge in [0.15, 0.2) is 6.29 Å². The lowest BCUT2D eigenvalue weighted by Crippen LogP contribution is -2.45. The van der Waals surface area contributed by atoms with Gasteiger partial charge in [-0.2, -0.15) is 0 Å². The fraction of sp³-hybridized carbons (Fsp3) is 0.909. The Balaban J connectivity index is 4.17. The van der Waals surface area contributed by atoms with Crippen LogP contribution in [0.1, 0.15) is 40.0 Å². The number of unbranched alkanes of at least 4 members (excludes halogenated alkanes) is 2. The van der Waals surface area contributed by atoms with E-state index in [-0.39, 0.29) is 0 Å². The van der Waals surface area contributed by atoms with E-state index in [0.29, 0.717) is 26.2 Å². The third-order valence-electron chi connectivity index (χ3n) is 2.10. The lowest BCUT2D eigenvalue weighted by molar-refractivity contribution is 0.0707. The van der Waals surface area contributed by atoms with Crippen LogP contribution in [0.4, 0.5) is 0 Å². The van der Waals surface area contributed by atoms with Gasteiger partial charge >= 0.3 is 8.80 Å². The maximum absolute atomic E-state index is 10.1. The highest BCUT2D eigenvalue weighted by Crippen LogP contribution is 2.19. The maximum Gasteiger partial charge on any atom is 0.500 e. The maximum atomic E-state index is 10.1. The predicted molar refractivity (Wildman–Crippen MR) is 65.0 cm³/mol. The summed E-state index contributed by atoms with van der Waals surface area (Å²) < 4.78 is 17.1. The zero-order valence-corrected chi connectivity index (χ0v) is 11.6. The number of hydrogen-bond acceptors (Lipinski definition) is 4. The SMILES string of the molecule is CCO[Si](CCCC[C]=O)(OCC)OCC. The van der Waals surface area contributed by atoms with Crippen molar-refractivity contribution in [1.29, 1.82) is 0 Å². The molecule has 0 aromatic heterocycles. The molecule has 0 N–H and O–H groups in total. The molecule has 0 rings (SSSR count). The van der Waals surface area contributed by atoms with Crippen LogP contribution in [0.5, 0.6) is 0 Å². The minimum absolute atomic E-state index is 0.481. The van der Waals surface area contributed by atoms with Crippen LogP contribution in [0.2, 0.25) is 6.04 Å². The van der Waals surface area contributed by atoms with Crippen LogP contribution in [0.15, 0.2) is 0 Å². The summed E-state index contributed by atoms with van der Waals surface area (Å²) in [5, 5.41) is 0. The molecule has 0 atom stereocenters. The Kier molecular flexibility index (Phi) is 9.81. The van der Waals surface area contributed by atoms with Gasteiger partial charge in [-0.1, -0.05) is 0 Å². The minimum atomic E-state index is -2.48. The second-order valence-electron chi connectivity index (χ2n) is 3.33. The standard InChI is InChI=1S/C11H23O4Si/c1-4-13-16(14-5-2,15-6-3)11-9-7-8-10-12/h4-9,11H2,1-3H3. The molecule has 0 aliphatic carbocycles. The van der Waals surface area contributed by atoms with Crippen molar-refractivity contribution in [2.24, 2.45) is 0 Å². The zero-order valence-electron chi connectivity index (χ0n) is 10.6. The van der Waals surface area contributed by atoms with Gasteiger partial charge in [0, 0.05) is 32.3 Å². The minimum Gasteiger partial charge on any atom is -0.374 e. The van der Waals surface area contributed by atoms with Crippen molar-refractivity contribution >= 4 is 15.1 Å². The number of carbonyl (C=O) groups excluding carboxylic acids is 1. The quantitative estimate of drug-likeness (QED) is 0.415. The molecule has 0 aliphatic rings. The van der Waals surface area contributed by atoms with E-state index in [1.165, 1.54) is 0 Å². The van der Waals surface area contributed by atoms with Crippen LogP contribution in [0, 0.1) is 0 Å². The van der Waals surface area contributed by atoms with Crippen molar-refractivity contribution in [1.82, 2.24) is 0 Å². The number of rotatable bonds is 11. The lowest BCUT2D eigenvalue weighted by Gasteiger charge is -2.28. The van der Waals surface area contributed by atoms with Crippen LogP contribution in [-0.4, -0.2) is 34.9 Å². The molecule has 0 spiro atoms. The van der Waals surface area contributed by atoms with Crippen molar-refractivity contribution in [3.63, 3.8) is 0 Å². The average Bonchev–Trinajstić information content (AvgIpc) is 2.26. The van der Waals surface area contributed by atoms with E-state index in [2.05, 4.69) is 0 Å². The molecule has 0 saturated carbocycles. The summed E-state index contributed by atoms with van der Waals surface area (Å²) in [6.07, 6.45) is 4.09. The first-order valence-electron chi connectivity index (χ1n) is 6.01. The van der Waals surface area contributed by atoms with Gasteiger partial charge in [0.25, 0.3) is 0 Å². The van der Waals surface area contributed by atoms with Gasteiger partial charge in [0.1, 0.15) is 0 Å².